The monoisotopic (exact) mass is 259 g/mol. The highest BCUT2D eigenvalue weighted by Gasteiger charge is 2.29. The zero-order chi connectivity index (χ0) is 13.4. The molecule has 0 aliphatic heterocycles. The van der Waals surface area contributed by atoms with E-state index in [0.717, 1.165) is 0 Å². The largest absolute Gasteiger partial charge is 0.381 e. The van der Waals surface area contributed by atoms with Crippen LogP contribution in [0.3, 0.4) is 0 Å². The molecule has 17 heavy (non-hydrogen) atoms. The molecule has 0 rings (SSSR count). The van der Waals surface area contributed by atoms with Gasteiger partial charge in [0.25, 0.3) is 0 Å². The maximum Gasteiger partial charge on any atom is 0.330 e. The molecule has 0 N–H and O–H groups in total. The molecular formula is C11H23N2O3Si. The van der Waals surface area contributed by atoms with Gasteiger partial charge in [-0.1, -0.05) is 13.8 Å². The highest BCUT2D eigenvalue weighted by Crippen LogP contribution is 2.03. The van der Waals surface area contributed by atoms with Crippen LogP contribution in [-0.4, -0.2) is 57.0 Å². The number of ether oxygens (including phenoxy) is 1. The van der Waals surface area contributed by atoms with Crippen LogP contribution in [0.15, 0.2) is 0 Å². The van der Waals surface area contributed by atoms with Crippen molar-refractivity contribution in [2.75, 3.05) is 26.9 Å². The molecule has 6 heteroatoms. The Labute approximate surface area is 105 Å². The molecule has 0 atom stereocenters. The highest BCUT2D eigenvalue weighted by molar-refractivity contribution is 6.58. The Hall–Kier alpha value is -0.883. The third kappa shape index (κ3) is 4.87. The Bertz CT molecular complexity index is 239. The number of hydrogen-bond donors (Lipinski definition) is 0. The molecule has 0 heterocycles. The second-order valence-corrected chi connectivity index (χ2v) is 6.13. The lowest BCUT2D eigenvalue weighted by atomic mass is 10.5. The summed E-state index contributed by atoms with van der Waals surface area (Å²) in [5.74, 6) is 0.101. The second kappa shape index (κ2) is 8.24. The molecule has 0 unspecified atom stereocenters. The van der Waals surface area contributed by atoms with Gasteiger partial charge in [-0.2, -0.15) is 0 Å². The third-order valence-electron chi connectivity index (χ3n) is 2.56. The molecule has 5 nitrogen and oxygen atoms in total. The van der Waals surface area contributed by atoms with E-state index < -0.39 is 9.12 Å². The van der Waals surface area contributed by atoms with Gasteiger partial charge in [0.2, 0.25) is 11.8 Å². The van der Waals surface area contributed by atoms with Gasteiger partial charge in [-0.05, 0) is 6.92 Å². The van der Waals surface area contributed by atoms with Crippen LogP contribution in [0.25, 0.3) is 0 Å². The Kier molecular flexibility index (Phi) is 7.82. The fourth-order valence-corrected chi connectivity index (χ4v) is 3.49. The summed E-state index contributed by atoms with van der Waals surface area (Å²) >= 11 is 0. The molecule has 0 aromatic rings. The van der Waals surface area contributed by atoms with Gasteiger partial charge in [0.15, 0.2) is 0 Å². The molecule has 0 spiro atoms. The van der Waals surface area contributed by atoms with Crippen molar-refractivity contribution >= 4 is 20.9 Å². The van der Waals surface area contributed by atoms with E-state index in [9.17, 15) is 9.59 Å². The standard InChI is InChI=1S/C11H23N2O3Si/c1-6-10(14)12(4)17(9-16-8-3)13(5)11(15)7-2/h6-9H2,1-5H3. The molecule has 99 valence electrons. The summed E-state index contributed by atoms with van der Waals surface area (Å²) in [6.07, 6.45) is 1.35. The number of hydrogen-bond acceptors (Lipinski definition) is 3. The minimum atomic E-state index is -1.44. The van der Waals surface area contributed by atoms with Gasteiger partial charge in [0, 0.05) is 33.5 Å². The summed E-state index contributed by atoms with van der Waals surface area (Å²) in [6.45, 7) is 6.14. The van der Waals surface area contributed by atoms with Crippen LogP contribution in [0.2, 0.25) is 0 Å². The minimum absolute atomic E-state index is 0.0503. The van der Waals surface area contributed by atoms with Crippen LogP contribution < -0.4 is 0 Å². The number of carbonyl (C=O) groups excluding carboxylic acids is 2. The summed E-state index contributed by atoms with van der Waals surface area (Å²) < 4.78 is 8.73. The van der Waals surface area contributed by atoms with E-state index in [1.807, 2.05) is 20.8 Å². The lowest BCUT2D eigenvalue weighted by molar-refractivity contribution is -0.128. The molecule has 0 saturated heterocycles. The van der Waals surface area contributed by atoms with Gasteiger partial charge in [-0.25, -0.2) is 0 Å². The number of amides is 2. The first-order chi connectivity index (χ1) is 7.99. The SMILES string of the molecule is CCOC[Si](N(C)C(=O)CC)N(C)C(=O)CC. The normalized spacial score (nSPS) is 10.5. The van der Waals surface area contributed by atoms with E-state index in [1.54, 1.807) is 23.2 Å². The van der Waals surface area contributed by atoms with Gasteiger partial charge >= 0.3 is 9.12 Å². The van der Waals surface area contributed by atoms with E-state index >= 15 is 0 Å². The van der Waals surface area contributed by atoms with Crippen molar-refractivity contribution in [2.24, 2.45) is 0 Å². The number of rotatable bonds is 7. The fourth-order valence-electron chi connectivity index (χ4n) is 1.37. The quantitative estimate of drug-likeness (QED) is 0.635. The van der Waals surface area contributed by atoms with Crippen molar-refractivity contribution in [1.29, 1.82) is 0 Å². The fraction of sp³-hybridized carbons (Fsp3) is 0.818. The first-order valence-corrected chi connectivity index (χ1v) is 7.56. The zero-order valence-electron chi connectivity index (χ0n) is 11.4. The molecule has 0 aromatic carbocycles. The van der Waals surface area contributed by atoms with Crippen molar-refractivity contribution in [1.82, 2.24) is 9.13 Å². The Morgan fingerprint density at radius 3 is 1.71 bits per heavy atom. The lowest BCUT2D eigenvalue weighted by Gasteiger charge is -2.32. The number of nitrogens with zero attached hydrogens (tertiary/aromatic N) is 2. The van der Waals surface area contributed by atoms with Crippen LogP contribution in [0, 0.1) is 0 Å². The van der Waals surface area contributed by atoms with Gasteiger partial charge < -0.3 is 13.9 Å². The average molecular weight is 259 g/mol. The molecular weight excluding hydrogens is 236 g/mol. The lowest BCUT2D eigenvalue weighted by Crippen LogP contribution is -2.56. The van der Waals surface area contributed by atoms with Gasteiger partial charge in [0.1, 0.15) is 0 Å². The second-order valence-electron chi connectivity index (χ2n) is 3.67. The molecule has 2 amide bonds. The molecule has 0 aliphatic carbocycles. The molecule has 0 saturated carbocycles. The molecule has 1 radical (unpaired) electrons. The third-order valence-corrected chi connectivity index (χ3v) is 5.07. The van der Waals surface area contributed by atoms with Crippen molar-refractivity contribution < 1.29 is 14.3 Å². The molecule has 0 fully saturated rings. The highest BCUT2D eigenvalue weighted by atomic mass is 28.3. The zero-order valence-corrected chi connectivity index (χ0v) is 12.4. The molecule has 0 aliphatic rings. The molecule has 0 bridgehead atoms. The Balaban J connectivity index is 4.73. The van der Waals surface area contributed by atoms with Gasteiger partial charge in [-0.3, -0.25) is 9.59 Å². The van der Waals surface area contributed by atoms with Crippen LogP contribution in [0.1, 0.15) is 33.6 Å². The topological polar surface area (TPSA) is 49.9 Å². The summed E-state index contributed by atoms with van der Waals surface area (Å²) in [7, 11) is 2.06. The maximum absolute atomic E-state index is 11.7. The Morgan fingerprint density at radius 2 is 1.41 bits per heavy atom. The van der Waals surface area contributed by atoms with Crippen molar-refractivity contribution in [3.63, 3.8) is 0 Å². The van der Waals surface area contributed by atoms with E-state index in [2.05, 4.69) is 0 Å². The first-order valence-electron chi connectivity index (χ1n) is 5.96. The molecule has 0 aromatic heterocycles. The van der Waals surface area contributed by atoms with Crippen molar-refractivity contribution in [2.45, 2.75) is 33.6 Å². The summed E-state index contributed by atoms with van der Waals surface area (Å²) in [5.41, 5.74) is 0. The predicted molar refractivity (Wildman–Crippen MR) is 68.4 cm³/mol. The first kappa shape index (κ1) is 16.1. The minimum Gasteiger partial charge on any atom is -0.381 e. The summed E-state index contributed by atoms with van der Waals surface area (Å²) in [6, 6.07) is 0. The maximum atomic E-state index is 11.7. The van der Waals surface area contributed by atoms with Crippen LogP contribution >= 0.6 is 0 Å². The van der Waals surface area contributed by atoms with Gasteiger partial charge in [-0.15, -0.1) is 0 Å². The van der Waals surface area contributed by atoms with Crippen LogP contribution in [-0.2, 0) is 14.3 Å². The predicted octanol–water partition coefficient (Wildman–Crippen LogP) is 0.787. The summed E-state index contributed by atoms with van der Waals surface area (Å²) in [4.78, 5) is 23.4. The Morgan fingerprint density at radius 1 is 1.00 bits per heavy atom. The van der Waals surface area contributed by atoms with Crippen molar-refractivity contribution in [3.05, 3.63) is 0 Å². The van der Waals surface area contributed by atoms with E-state index in [0.29, 0.717) is 25.7 Å². The number of carbonyl (C=O) groups is 2. The summed E-state index contributed by atoms with van der Waals surface area (Å²) in [5, 5.41) is 0. The van der Waals surface area contributed by atoms with Crippen LogP contribution in [0.5, 0.6) is 0 Å². The van der Waals surface area contributed by atoms with E-state index in [-0.39, 0.29) is 11.8 Å². The van der Waals surface area contributed by atoms with Crippen molar-refractivity contribution in [3.8, 4) is 0 Å². The smallest absolute Gasteiger partial charge is 0.330 e. The average Bonchev–Trinajstić information content (AvgIpc) is 2.36. The van der Waals surface area contributed by atoms with Crippen LogP contribution in [0.4, 0.5) is 0 Å². The van der Waals surface area contributed by atoms with Gasteiger partial charge in [0.05, 0.1) is 6.23 Å². The van der Waals surface area contributed by atoms with E-state index in [1.165, 1.54) is 0 Å². The van der Waals surface area contributed by atoms with E-state index in [4.69, 9.17) is 4.74 Å².